The predicted octanol–water partition coefficient (Wildman–Crippen LogP) is 4.41. The summed E-state index contributed by atoms with van der Waals surface area (Å²) in [7, 11) is 0. The normalized spacial score (nSPS) is 11.0. The number of thiazole rings is 1. The molecule has 0 unspecified atom stereocenters. The highest BCUT2D eigenvalue weighted by molar-refractivity contribution is 7.13. The second kappa shape index (κ2) is 6.00. The van der Waals surface area contributed by atoms with Gasteiger partial charge in [0.15, 0.2) is 0 Å². The van der Waals surface area contributed by atoms with E-state index in [9.17, 15) is 0 Å². The lowest BCUT2D eigenvalue weighted by Crippen LogP contribution is -2.03. The summed E-state index contributed by atoms with van der Waals surface area (Å²) in [5.74, 6) is 0.460. The maximum atomic E-state index is 5.82. The molecule has 0 aliphatic heterocycles. The summed E-state index contributed by atoms with van der Waals surface area (Å²) in [5.41, 5.74) is 5.52. The molecule has 2 aromatic heterocycles. The molecule has 0 aliphatic rings. The van der Waals surface area contributed by atoms with Crippen molar-refractivity contribution in [1.29, 1.82) is 0 Å². The van der Waals surface area contributed by atoms with Crippen molar-refractivity contribution in [3.63, 3.8) is 0 Å². The summed E-state index contributed by atoms with van der Waals surface area (Å²) in [6.45, 7) is 4.88. The van der Waals surface area contributed by atoms with E-state index in [2.05, 4.69) is 47.3 Å². The molecule has 3 rings (SSSR count). The van der Waals surface area contributed by atoms with Crippen LogP contribution in [0.2, 0.25) is 0 Å². The van der Waals surface area contributed by atoms with Gasteiger partial charge in [0.25, 0.3) is 0 Å². The van der Waals surface area contributed by atoms with Crippen molar-refractivity contribution in [3.05, 3.63) is 58.4 Å². The van der Waals surface area contributed by atoms with Crippen molar-refractivity contribution in [3.8, 4) is 10.6 Å². The van der Waals surface area contributed by atoms with Gasteiger partial charge in [0.05, 0.1) is 23.8 Å². The molecule has 0 amide bonds. The third-order valence-electron chi connectivity index (χ3n) is 3.30. The fourth-order valence-electron chi connectivity index (χ4n) is 2.31. The minimum Gasteiger partial charge on any atom is -0.265 e. The van der Waals surface area contributed by atoms with E-state index >= 15 is 0 Å². The van der Waals surface area contributed by atoms with Crippen LogP contribution in [-0.4, -0.2) is 14.8 Å². The molecule has 0 atom stereocenters. The third kappa shape index (κ3) is 3.17. The van der Waals surface area contributed by atoms with E-state index in [4.69, 9.17) is 11.6 Å². The first-order chi connectivity index (χ1) is 10.2. The van der Waals surface area contributed by atoms with Crippen LogP contribution in [0.4, 0.5) is 0 Å². The molecular formula is C16H16ClN3S. The zero-order valence-corrected chi connectivity index (χ0v) is 13.6. The van der Waals surface area contributed by atoms with Crippen LogP contribution in [-0.2, 0) is 12.4 Å². The molecule has 5 heteroatoms. The number of alkyl halides is 1. The van der Waals surface area contributed by atoms with Crippen LogP contribution < -0.4 is 0 Å². The van der Waals surface area contributed by atoms with Crippen molar-refractivity contribution in [2.24, 2.45) is 0 Å². The molecule has 0 saturated carbocycles. The minimum absolute atomic E-state index is 0.460. The van der Waals surface area contributed by atoms with E-state index in [1.54, 1.807) is 11.3 Å². The first-order valence-corrected chi connectivity index (χ1v) is 8.18. The second-order valence-electron chi connectivity index (χ2n) is 5.06. The molecule has 0 spiro atoms. The van der Waals surface area contributed by atoms with Gasteiger partial charge >= 0.3 is 0 Å². The van der Waals surface area contributed by atoms with Gasteiger partial charge in [-0.3, -0.25) is 4.68 Å². The van der Waals surface area contributed by atoms with E-state index in [1.165, 1.54) is 11.3 Å². The van der Waals surface area contributed by atoms with Gasteiger partial charge in [-0.15, -0.1) is 22.9 Å². The number of halogens is 1. The Bertz CT molecular complexity index is 760. The van der Waals surface area contributed by atoms with Crippen LogP contribution in [0.25, 0.3) is 10.6 Å². The number of hydrogen-bond acceptors (Lipinski definition) is 3. The van der Waals surface area contributed by atoms with Crippen LogP contribution in [0.15, 0.2) is 35.7 Å². The Hall–Kier alpha value is -1.65. The zero-order valence-electron chi connectivity index (χ0n) is 12.0. The standard InChI is InChI=1S/C16H16ClN3S/c1-11-6-12(2)20(19-11)9-13-4-3-5-14(7-13)16-18-15(8-17)10-21-16/h3-7,10H,8-9H2,1-2H3. The minimum atomic E-state index is 0.460. The quantitative estimate of drug-likeness (QED) is 0.667. The van der Waals surface area contributed by atoms with Crippen molar-refractivity contribution < 1.29 is 0 Å². The average Bonchev–Trinajstić information content (AvgIpc) is 3.06. The molecule has 0 N–H and O–H groups in total. The number of nitrogens with zero attached hydrogens (tertiary/aromatic N) is 3. The first kappa shape index (κ1) is 14.3. The number of aromatic nitrogens is 3. The fourth-order valence-corrected chi connectivity index (χ4v) is 3.36. The molecule has 2 heterocycles. The number of hydrogen-bond donors (Lipinski definition) is 0. The molecule has 21 heavy (non-hydrogen) atoms. The van der Waals surface area contributed by atoms with Crippen LogP contribution >= 0.6 is 22.9 Å². The van der Waals surface area contributed by atoms with E-state index < -0.39 is 0 Å². The van der Waals surface area contributed by atoms with Crippen molar-refractivity contribution in [2.45, 2.75) is 26.3 Å². The molecule has 0 fully saturated rings. The molecular weight excluding hydrogens is 302 g/mol. The van der Waals surface area contributed by atoms with E-state index in [-0.39, 0.29) is 0 Å². The Balaban J connectivity index is 1.87. The van der Waals surface area contributed by atoms with Crippen LogP contribution in [0.1, 0.15) is 22.6 Å². The monoisotopic (exact) mass is 317 g/mol. The second-order valence-corrected chi connectivity index (χ2v) is 6.19. The SMILES string of the molecule is Cc1cc(C)n(Cc2cccc(-c3nc(CCl)cs3)c2)n1. The summed E-state index contributed by atoms with van der Waals surface area (Å²) in [4.78, 5) is 4.53. The summed E-state index contributed by atoms with van der Waals surface area (Å²) >= 11 is 7.45. The summed E-state index contributed by atoms with van der Waals surface area (Å²) < 4.78 is 2.03. The maximum absolute atomic E-state index is 5.82. The van der Waals surface area contributed by atoms with Crippen LogP contribution in [0.3, 0.4) is 0 Å². The third-order valence-corrected chi connectivity index (χ3v) is 4.51. The maximum Gasteiger partial charge on any atom is 0.123 e. The number of benzene rings is 1. The molecule has 1 aromatic carbocycles. The highest BCUT2D eigenvalue weighted by Gasteiger charge is 2.07. The summed E-state index contributed by atoms with van der Waals surface area (Å²) in [6, 6.07) is 10.5. The van der Waals surface area contributed by atoms with E-state index in [0.29, 0.717) is 5.88 Å². The lowest BCUT2D eigenvalue weighted by Gasteiger charge is -2.06. The Labute approximate surface area is 133 Å². The lowest BCUT2D eigenvalue weighted by atomic mass is 10.1. The first-order valence-electron chi connectivity index (χ1n) is 6.76. The highest BCUT2D eigenvalue weighted by Crippen LogP contribution is 2.25. The average molecular weight is 318 g/mol. The van der Waals surface area contributed by atoms with E-state index in [1.807, 2.05) is 17.0 Å². The van der Waals surface area contributed by atoms with Gasteiger partial charge in [-0.1, -0.05) is 18.2 Å². The molecule has 3 nitrogen and oxygen atoms in total. The van der Waals surface area contributed by atoms with Gasteiger partial charge < -0.3 is 0 Å². The summed E-state index contributed by atoms with van der Waals surface area (Å²) in [5, 5.41) is 7.54. The molecule has 0 bridgehead atoms. The van der Waals surface area contributed by atoms with Crippen molar-refractivity contribution >= 4 is 22.9 Å². The fraction of sp³-hybridized carbons (Fsp3) is 0.250. The topological polar surface area (TPSA) is 30.7 Å². The van der Waals surface area contributed by atoms with E-state index in [0.717, 1.165) is 28.5 Å². The number of rotatable bonds is 4. The Morgan fingerprint density at radius 1 is 1.24 bits per heavy atom. The molecule has 0 radical (unpaired) electrons. The predicted molar refractivity (Wildman–Crippen MR) is 87.9 cm³/mol. The van der Waals surface area contributed by atoms with Gasteiger partial charge in [0, 0.05) is 16.6 Å². The molecule has 0 aliphatic carbocycles. The van der Waals surface area contributed by atoms with Gasteiger partial charge in [-0.25, -0.2) is 4.98 Å². The number of aryl methyl sites for hydroxylation is 2. The van der Waals surface area contributed by atoms with Gasteiger partial charge in [0.1, 0.15) is 5.01 Å². The zero-order chi connectivity index (χ0) is 14.8. The van der Waals surface area contributed by atoms with Crippen LogP contribution in [0, 0.1) is 13.8 Å². The molecule has 0 saturated heterocycles. The Morgan fingerprint density at radius 2 is 2.10 bits per heavy atom. The lowest BCUT2D eigenvalue weighted by molar-refractivity contribution is 0.659. The molecule has 108 valence electrons. The van der Waals surface area contributed by atoms with Crippen molar-refractivity contribution in [1.82, 2.24) is 14.8 Å². The smallest absolute Gasteiger partial charge is 0.123 e. The summed E-state index contributed by atoms with van der Waals surface area (Å²) in [6.07, 6.45) is 0. The Morgan fingerprint density at radius 3 is 2.76 bits per heavy atom. The van der Waals surface area contributed by atoms with Gasteiger partial charge in [0.2, 0.25) is 0 Å². The molecule has 3 aromatic rings. The highest BCUT2D eigenvalue weighted by atomic mass is 35.5. The van der Waals surface area contributed by atoms with Gasteiger partial charge in [-0.05, 0) is 31.5 Å². The van der Waals surface area contributed by atoms with Crippen molar-refractivity contribution in [2.75, 3.05) is 0 Å². The van der Waals surface area contributed by atoms with Gasteiger partial charge in [-0.2, -0.15) is 5.10 Å². The largest absolute Gasteiger partial charge is 0.265 e. The van der Waals surface area contributed by atoms with Crippen LogP contribution in [0.5, 0.6) is 0 Å². The Kier molecular flexibility index (Phi) is 4.08.